The molecule has 0 unspecified atom stereocenters. The van der Waals surface area contributed by atoms with E-state index in [1.807, 2.05) is 48.5 Å². The molecule has 3 aromatic rings. The molecule has 0 amide bonds. The van der Waals surface area contributed by atoms with E-state index >= 15 is 0 Å². The first-order valence-electron chi connectivity index (χ1n) is 7.44. The maximum absolute atomic E-state index is 13.1. The van der Waals surface area contributed by atoms with Gasteiger partial charge < -0.3 is 4.74 Å². The van der Waals surface area contributed by atoms with Gasteiger partial charge in [0.25, 0.3) is 0 Å². The van der Waals surface area contributed by atoms with Gasteiger partial charge in [-0.2, -0.15) is 0 Å². The molecule has 0 spiro atoms. The second kappa shape index (κ2) is 6.88. The lowest BCUT2D eigenvalue weighted by Crippen LogP contribution is -2.15. The minimum Gasteiger partial charge on any atom is -0.497 e. The van der Waals surface area contributed by atoms with Gasteiger partial charge in [-0.25, -0.2) is 0 Å². The standard InChI is InChI=1S/C20H17NO2/c1-23-17-12-10-16(11-13-17)20(22)19(15-7-3-2-4-8-15)18-9-5-6-14-21-18/h2-14,19H,1H3/t19-/m0/s1. The van der Waals surface area contributed by atoms with E-state index in [-0.39, 0.29) is 5.78 Å². The summed E-state index contributed by atoms with van der Waals surface area (Å²) in [5.41, 5.74) is 2.33. The maximum atomic E-state index is 13.1. The van der Waals surface area contributed by atoms with Crippen molar-refractivity contribution in [2.24, 2.45) is 0 Å². The summed E-state index contributed by atoms with van der Waals surface area (Å²) in [5, 5.41) is 0. The number of carbonyl (C=O) groups is 1. The lowest BCUT2D eigenvalue weighted by molar-refractivity contribution is 0.0972. The van der Waals surface area contributed by atoms with E-state index in [0.717, 1.165) is 17.0 Å². The summed E-state index contributed by atoms with van der Waals surface area (Å²) >= 11 is 0. The van der Waals surface area contributed by atoms with Crippen LogP contribution in [0, 0.1) is 0 Å². The molecule has 1 aromatic heterocycles. The first-order valence-corrected chi connectivity index (χ1v) is 7.44. The fraction of sp³-hybridized carbons (Fsp3) is 0.100. The highest BCUT2D eigenvalue weighted by molar-refractivity contribution is 6.02. The SMILES string of the molecule is COc1ccc(C(=O)[C@@H](c2ccccc2)c2ccccn2)cc1. The fourth-order valence-electron chi connectivity index (χ4n) is 2.57. The van der Waals surface area contributed by atoms with Crippen LogP contribution in [0.4, 0.5) is 0 Å². The van der Waals surface area contributed by atoms with Gasteiger partial charge in [-0.1, -0.05) is 36.4 Å². The van der Waals surface area contributed by atoms with Gasteiger partial charge in [0.05, 0.1) is 18.7 Å². The zero-order valence-electron chi connectivity index (χ0n) is 12.8. The van der Waals surface area contributed by atoms with Crippen LogP contribution in [-0.4, -0.2) is 17.9 Å². The molecule has 0 fully saturated rings. The lowest BCUT2D eigenvalue weighted by atomic mass is 9.87. The molecule has 3 heteroatoms. The van der Waals surface area contributed by atoms with Gasteiger partial charge >= 0.3 is 0 Å². The van der Waals surface area contributed by atoms with Crippen LogP contribution in [0.1, 0.15) is 27.5 Å². The molecule has 0 saturated heterocycles. The number of hydrogen-bond acceptors (Lipinski definition) is 3. The third-order valence-electron chi connectivity index (χ3n) is 3.75. The molecule has 23 heavy (non-hydrogen) atoms. The topological polar surface area (TPSA) is 39.2 Å². The van der Waals surface area contributed by atoms with Crippen molar-refractivity contribution in [2.45, 2.75) is 5.92 Å². The fourth-order valence-corrected chi connectivity index (χ4v) is 2.57. The largest absolute Gasteiger partial charge is 0.497 e. The Labute approximate surface area is 135 Å². The second-order valence-electron chi connectivity index (χ2n) is 5.19. The van der Waals surface area contributed by atoms with Gasteiger partial charge in [0.15, 0.2) is 5.78 Å². The monoisotopic (exact) mass is 303 g/mol. The molecular weight excluding hydrogens is 286 g/mol. The first-order chi connectivity index (χ1) is 11.3. The van der Waals surface area contributed by atoms with E-state index in [1.165, 1.54) is 0 Å². The van der Waals surface area contributed by atoms with Gasteiger partial charge in [-0.15, -0.1) is 0 Å². The Balaban J connectivity index is 2.02. The van der Waals surface area contributed by atoms with Crippen LogP contribution in [0.25, 0.3) is 0 Å². The van der Waals surface area contributed by atoms with E-state index in [1.54, 1.807) is 37.6 Å². The number of nitrogens with zero attached hydrogens (tertiary/aromatic N) is 1. The van der Waals surface area contributed by atoms with Crippen LogP contribution in [0.5, 0.6) is 5.75 Å². The number of methoxy groups -OCH3 is 1. The highest BCUT2D eigenvalue weighted by Crippen LogP contribution is 2.27. The Hall–Kier alpha value is -2.94. The average molecular weight is 303 g/mol. The summed E-state index contributed by atoms with van der Waals surface area (Å²) in [4.78, 5) is 17.5. The maximum Gasteiger partial charge on any atom is 0.176 e. The third kappa shape index (κ3) is 3.29. The summed E-state index contributed by atoms with van der Waals surface area (Å²) in [7, 11) is 1.61. The van der Waals surface area contributed by atoms with E-state index in [9.17, 15) is 4.79 Å². The average Bonchev–Trinajstić information content (AvgIpc) is 2.64. The van der Waals surface area contributed by atoms with Gasteiger partial charge in [0.2, 0.25) is 0 Å². The molecule has 0 bridgehead atoms. The summed E-state index contributed by atoms with van der Waals surface area (Å²) in [6.45, 7) is 0. The van der Waals surface area contributed by atoms with Crippen molar-refractivity contribution in [3.63, 3.8) is 0 Å². The minimum atomic E-state index is -0.411. The van der Waals surface area contributed by atoms with E-state index in [4.69, 9.17) is 4.74 Å². The van der Waals surface area contributed by atoms with Crippen molar-refractivity contribution in [3.05, 3.63) is 95.8 Å². The Morgan fingerprint density at radius 3 is 2.22 bits per heavy atom. The van der Waals surface area contributed by atoms with E-state index in [2.05, 4.69) is 4.98 Å². The van der Waals surface area contributed by atoms with Crippen LogP contribution in [0.15, 0.2) is 79.0 Å². The molecule has 0 aliphatic carbocycles. The van der Waals surface area contributed by atoms with Crippen molar-refractivity contribution >= 4 is 5.78 Å². The van der Waals surface area contributed by atoms with Gasteiger partial charge in [-0.3, -0.25) is 9.78 Å². The molecule has 0 aliphatic heterocycles. The molecule has 0 aliphatic rings. The zero-order chi connectivity index (χ0) is 16.1. The predicted molar refractivity (Wildman–Crippen MR) is 89.8 cm³/mol. The molecule has 0 N–H and O–H groups in total. The van der Waals surface area contributed by atoms with Crippen LogP contribution in [-0.2, 0) is 0 Å². The van der Waals surface area contributed by atoms with Gasteiger partial charge in [0.1, 0.15) is 5.75 Å². The number of pyridine rings is 1. The van der Waals surface area contributed by atoms with Crippen LogP contribution in [0.3, 0.4) is 0 Å². The molecule has 3 nitrogen and oxygen atoms in total. The van der Waals surface area contributed by atoms with E-state index in [0.29, 0.717) is 5.56 Å². The molecule has 114 valence electrons. The van der Waals surface area contributed by atoms with Crippen molar-refractivity contribution < 1.29 is 9.53 Å². The number of rotatable bonds is 5. The quantitative estimate of drug-likeness (QED) is 0.666. The second-order valence-corrected chi connectivity index (χ2v) is 5.19. The third-order valence-corrected chi connectivity index (χ3v) is 3.75. The van der Waals surface area contributed by atoms with Crippen LogP contribution in [0.2, 0.25) is 0 Å². The highest BCUT2D eigenvalue weighted by Gasteiger charge is 2.24. The van der Waals surface area contributed by atoms with Crippen molar-refractivity contribution in [1.82, 2.24) is 4.98 Å². The smallest absolute Gasteiger partial charge is 0.176 e. The van der Waals surface area contributed by atoms with Crippen molar-refractivity contribution in [2.75, 3.05) is 7.11 Å². The summed E-state index contributed by atoms with van der Waals surface area (Å²) < 4.78 is 5.16. The van der Waals surface area contributed by atoms with Gasteiger partial charge in [-0.05, 0) is 42.0 Å². The Morgan fingerprint density at radius 2 is 1.61 bits per heavy atom. The molecule has 0 radical (unpaired) electrons. The molecule has 2 aromatic carbocycles. The minimum absolute atomic E-state index is 0.0255. The van der Waals surface area contributed by atoms with Crippen molar-refractivity contribution in [1.29, 1.82) is 0 Å². The summed E-state index contributed by atoms with van der Waals surface area (Å²) in [6.07, 6.45) is 1.71. The molecule has 1 heterocycles. The molecule has 0 saturated carbocycles. The van der Waals surface area contributed by atoms with Crippen LogP contribution >= 0.6 is 0 Å². The number of carbonyl (C=O) groups excluding carboxylic acids is 1. The first kappa shape index (κ1) is 15.0. The number of ketones is 1. The number of benzene rings is 2. The Kier molecular flexibility index (Phi) is 4.48. The summed E-state index contributed by atoms with van der Waals surface area (Å²) in [6, 6.07) is 22.6. The number of aromatic nitrogens is 1. The number of Topliss-reactive ketones (excluding diaryl/α,β-unsaturated/α-hetero) is 1. The number of ether oxygens (including phenoxy) is 1. The molecule has 3 rings (SSSR count). The Bertz CT molecular complexity index is 728. The highest BCUT2D eigenvalue weighted by atomic mass is 16.5. The number of hydrogen-bond donors (Lipinski definition) is 0. The van der Waals surface area contributed by atoms with Gasteiger partial charge in [0, 0.05) is 11.8 Å². The zero-order valence-corrected chi connectivity index (χ0v) is 12.8. The lowest BCUT2D eigenvalue weighted by Gasteiger charge is -2.16. The molecular formula is C20H17NO2. The predicted octanol–water partition coefficient (Wildman–Crippen LogP) is 4.11. The normalized spacial score (nSPS) is 11.7. The molecule has 1 atom stereocenters. The summed E-state index contributed by atoms with van der Waals surface area (Å²) in [5.74, 6) is 0.346. The van der Waals surface area contributed by atoms with Crippen LogP contribution < -0.4 is 4.74 Å². The van der Waals surface area contributed by atoms with E-state index < -0.39 is 5.92 Å². The van der Waals surface area contributed by atoms with Crippen molar-refractivity contribution in [3.8, 4) is 5.75 Å². The Morgan fingerprint density at radius 1 is 0.913 bits per heavy atom.